The monoisotopic (exact) mass is 223 g/mol. The van der Waals surface area contributed by atoms with Crippen molar-refractivity contribution in [3.8, 4) is 0 Å². The van der Waals surface area contributed by atoms with E-state index in [9.17, 15) is 4.79 Å². The minimum Gasteiger partial charge on any atom is -0.326 e. The lowest BCUT2D eigenvalue weighted by Gasteiger charge is -2.19. The Morgan fingerprint density at radius 1 is 1.40 bits per heavy atom. The summed E-state index contributed by atoms with van der Waals surface area (Å²) in [5.41, 5.74) is 0.958. The zero-order valence-electron chi connectivity index (χ0n) is 8.53. The summed E-state index contributed by atoms with van der Waals surface area (Å²) in [5, 5.41) is 0. The van der Waals surface area contributed by atoms with E-state index in [2.05, 4.69) is 0 Å². The van der Waals surface area contributed by atoms with Gasteiger partial charge in [-0.3, -0.25) is 4.79 Å². The Balaban J connectivity index is 1.98. The molecule has 1 amide bonds. The van der Waals surface area contributed by atoms with Gasteiger partial charge in [0.1, 0.15) is 5.50 Å². The fourth-order valence-corrected chi connectivity index (χ4v) is 2.24. The molecule has 80 valence electrons. The summed E-state index contributed by atoms with van der Waals surface area (Å²) >= 11 is 6.04. The van der Waals surface area contributed by atoms with Crippen molar-refractivity contribution in [3.05, 3.63) is 35.9 Å². The number of hydrogen-bond acceptors (Lipinski definition) is 1. The number of hydrogen-bond donors (Lipinski definition) is 0. The first-order chi connectivity index (χ1) is 7.27. The van der Waals surface area contributed by atoms with E-state index in [1.165, 1.54) is 0 Å². The van der Waals surface area contributed by atoms with Gasteiger partial charge < -0.3 is 4.90 Å². The second kappa shape index (κ2) is 4.67. The van der Waals surface area contributed by atoms with E-state index >= 15 is 0 Å². The van der Waals surface area contributed by atoms with Crippen molar-refractivity contribution in [3.63, 3.8) is 0 Å². The molecule has 1 heterocycles. The largest absolute Gasteiger partial charge is 0.326 e. The molecule has 0 bridgehead atoms. The third-order valence-corrected chi connectivity index (χ3v) is 3.15. The van der Waals surface area contributed by atoms with Crippen LogP contribution < -0.4 is 0 Å². The van der Waals surface area contributed by atoms with E-state index in [1.807, 2.05) is 30.3 Å². The van der Waals surface area contributed by atoms with Gasteiger partial charge in [-0.15, -0.1) is 0 Å². The molecule has 15 heavy (non-hydrogen) atoms. The maximum absolute atomic E-state index is 11.9. The van der Waals surface area contributed by atoms with Gasteiger partial charge in [-0.25, -0.2) is 0 Å². The van der Waals surface area contributed by atoms with Crippen LogP contribution in [0.4, 0.5) is 0 Å². The standard InChI is InChI=1S/C12H14ClNO/c13-11-7-4-8-14(11)12(15)9-10-5-2-1-3-6-10/h1-3,5-6,11H,4,7-9H2. The summed E-state index contributed by atoms with van der Waals surface area (Å²) in [6, 6.07) is 9.79. The third-order valence-electron chi connectivity index (χ3n) is 2.70. The lowest BCUT2D eigenvalue weighted by atomic mass is 10.1. The molecule has 1 saturated heterocycles. The molecule has 1 aromatic rings. The first-order valence-corrected chi connectivity index (χ1v) is 5.68. The Morgan fingerprint density at radius 3 is 2.73 bits per heavy atom. The number of carbonyl (C=O) groups is 1. The van der Waals surface area contributed by atoms with Gasteiger partial charge in [-0.1, -0.05) is 41.9 Å². The van der Waals surface area contributed by atoms with Crippen molar-refractivity contribution >= 4 is 17.5 Å². The van der Waals surface area contributed by atoms with Crippen LogP contribution in [-0.4, -0.2) is 22.9 Å². The van der Waals surface area contributed by atoms with Crippen molar-refractivity contribution in [2.45, 2.75) is 24.8 Å². The predicted octanol–water partition coefficient (Wildman–Crippen LogP) is 2.42. The lowest BCUT2D eigenvalue weighted by molar-refractivity contribution is -0.130. The average molecular weight is 224 g/mol. The molecule has 0 aromatic heterocycles. The maximum Gasteiger partial charge on any atom is 0.228 e. The number of likely N-dealkylation sites (tertiary alicyclic amines) is 1. The van der Waals surface area contributed by atoms with Crippen molar-refractivity contribution < 1.29 is 4.79 Å². The fourth-order valence-electron chi connectivity index (χ4n) is 1.88. The van der Waals surface area contributed by atoms with Crippen LogP contribution >= 0.6 is 11.6 Å². The normalized spacial score (nSPS) is 20.6. The van der Waals surface area contributed by atoms with Crippen LogP contribution in [0.5, 0.6) is 0 Å². The molecule has 0 aliphatic carbocycles. The van der Waals surface area contributed by atoms with Crippen molar-refractivity contribution in [2.75, 3.05) is 6.54 Å². The van der Waals surface area contributed by atoms with Crippen molar-refractivity contribution in [1.29, 1.82) is 0 Å². The lowest BCUT2D eigenvalue weighted by Crippen LogP contribution is -2.33. The van der Waals surface area contributed by atoms with Gasteiger partial charge >= 0.3 is 0 Å². The number of carbonyl (C=O) groups excluding carboxylic acids is 1. The molecule has 2 rings (SSSR count). The van der Waals surface area contributed by atoms with E-state index in [-0.39, 0.29) is 11.4 Å². The Kier molecular flexibility index (Phi) is 3.27. The van der Waals surface area contributed by atoms with E-state index in [1.54, 1.807) is 4.90 Å². The minimum absolute atomic E-state index is 0.0961. The van der Waals surface area contributed by atoms with Gasteiger partial charge in [0.05, 0.1) is 6.42 Å². The first kappa shape index (κ1) is 10.5. The number of halogens is 1. The average Bonchev–Trinajstić information content (AvgIpc) is 2.66. The molecule has 1 fully saturated rings. The SMILES string of the molecule is O=C(Cc1ccccc1)N1CCCC1Cl. The molecule has 3 heteroatoms. The minimum atomic E-state index is -0.0961. The Bertz CT molecular complexity index is 339. The molecular weight excluding hydrogens is 210 g/mol. The van der Waals surface area contributed by atoms with Crippen LogP contribution in [0.2, 0.25) is 0 Å². The van der Waals surface area contributed by atoms with Crippen LogP contribution in [0.25, 0.3) is 0 Å². The summed E-state index contributed by atoms with van der Waals surface area (Å²) in [5.74, 6) is 0.138. The van der Waals surface area contributed by atoms with Crippen LogP contribution in [0.3, 0.4) is 0 Å². The molecule has 1 atom stereocenters. The second-order valence-electron chi connectivity index (χ2n) is 3.83. The molecule has 0 radical (unpaired) electrons. The highest BCUT2D eigenvalue weighted by atomic mass is 35.5. The Hall–Kier alpha value is -1.02. The van der Waals surface area contributed by atoms with E-state index in [0.717, 1.165) is 24.9 Å². The molecule has 0 N–H and O–H groups in total. The van der Waals surface area contributed by atoms with Gasteiger partial charge in [-0.05, 0) is 18.4 Å². The van der Waals surface area contributed by atoms with Gasteiger partial charge in [0.15, 0.2) is 0 Å². The van der Waals surface area contributed by atoms with Gasteiger partial charge in [0.2, 0.25) is 5.91 Å². The summed E-state index contributed by atoms with van der Waals surface area (Å²) in [6.07, 6.45) is 2.40. The Labute approximate surface area is 94.8 Å². The predicted molar refractivity (Wildman–Crippen MR) is 60.7 cm³/mol. The summed E-state index contributed by atoms with van der Waals surface area (Å²) < 4.78 is 0. The molecular formula is C12H14ClNO. The molecule has 1 aliphatic heterocycles. The topological polar surface area (TPSA) is 20.3 Å². The summed E-state index contributed by atoms with van der Waals surface area (Å²) in [7, 11) is 0. The van der Waals surface area contributed by atoms with E-state index < -0.39 is 0 Å². The fraction of sp³-hybridized carbons (Fsp3) is 0.417. The molecule has 1 aliphatic rings. The summed E-state index contributed by atoms with van der Waals surface area (Å²) in [4.78, 5) is 13.6. The third kappa shape index (κ3) is 2.51. The number of alkyl halides is 1. The number of benzene rings is 1. The van der Waals surface area contributed by atoms with Crippen LogP contribution in [0.1, 0.15) is 18.4 Å². The zero-order chi connectivity index (χ0) is 10.7. The van der Waals surface area contributed by atoms with Gasteiger partial charge in [0, 0.05) is 6.54 Å². The zero-order valence-corrected chi connectivity index (χ0v) is 9.28. The number of rotatable bonds is 2. The molecule has 1 unspecified atom stereocenters. The number of nitrogens with zero attached hydrogens (tertiary/aromatic N) is 1. The van der Waals surface area contributed by atoms with Gasteiger partial charge in [0.25, 0.3) is 0 Å². The van der Waals surface area contributed by atoms with Gasteiger partial charge in [-0.2, -0.15) is 0 Å². The highest BCUT2D eigenvalue weighted by Gasteiger charge is 2.26. The van der Waals surface area contributed by atoms with Crippen molar-refractivity contribution in [1.82, 2.24) is 4.90 Å². The summed E-state index contributed by atoms with van der Waals surface area (Å²) in [6.45, 7) is 0.805. The molecule has 1 aromatic carbocycles. The highest BCUT2D eigenvalue weighted by molar-refractivity contribution is 6.21. The Morgan fingerprint density at radius 2 is 2.13 bits per heavy atom. The smallest absolute Gasteiger partial charge is 0.228 e. The van der Waals surface area contributed by atoms with Crippen molar-refractivity contribution in [2.24, 2.45) is 0 Å². The second-order valence-corrected chi connectivity index (χ2v) is 4.33. The van der Waals surface area contributed by atoms with Crippen LogP contribution in [-0.2, 0) is 11.2 Å². The molecule has 0 spiro atoms. The van der Waals surface area contributed by atoms with Crippen LogP contribution in [0, 0.1) is 0 Å². The van der Waals surface area contributed by atoms with E-state index in [0.29, 0.717) is 6.42 Å². The quantitative estimate of drug-likeness (QED) is 0.557. The highest BCUT2D eigenvalue weighted by Crippen LogP contribution is 2.21. The van der Waals surface area contributed by atoms with Crippen LogP contribution in [0.15, 0.2) is 30.3 Å². The van der Waals surface area contributed by atoms with E-state index in [4.69, 9.17) is 11.6 Å². The molecule has 0 saturated carbocycles. The molecule has 2 nitrogen and oxygen atoms in total. The number of amides is 1. The maximum atomic E-state index is 11.9. The first-order valence-electron chi connectivity index (χ1n) is 5.25.